The quantitative estimate of drug-likeness (QED) is 0.763. The average molecular weight is 231 g/mol. The number of halogens is 1. The first-order chi connectivity index (χ1) is 7.62. The third kappa shape index (κ3) is 3.70. The Labute approximate surface area is 98.7 Å². The summed E-state index contributed by atoms with van der Waals surface area (Å²) >= 11 is 0. The Kier molecular flexibility index (Phi) is 5.70. The second-order valence-electron chi connectivity index (χ2n) is 5.33. The van der Waals surface area contributed by atoms with Gasteiger partial charge in [-0.15, -0.1) is 0 Å². The Morgan fingerprint density at radius 3 is 2.75 bits per heavy atom. The van der Waals surface area contributed by atoms with Crippen LogP contribution in [0.2, 0.25) is 0 Å². The first-order valence-electron chi connectivity index (χ1n) is 6.50. The zero-order chi connectivity index (χ0) is 12.0. The highest BCUT2D eigenvalue weighted by Crippen LogP contribution is 2.40. The van der Waals surface area contributed by atoms with Crippen LogP contribution >= 0.6 is 0 Å². The van der Waals surface area contributed by atoms with Crippen molar-refractivity contribution in [1.82, 2.24) is 0 Å². The molecule has 0 aromatic rings. The molecule has 1 aliphatic rings. The Morgan fingerprint density at radius 2 is 2.19 bits per heavy atom. The van der Waals surface area contributed by atoms with Crippen molar-refractivity contribution in [3.8, 4) is 0 Å². The SMILES string of the molecule is COCC(F)(CCCN)C1CCCC(C)C1. The predicted molar refractivity (Wildman–Crippen MR) is 65.1 cm³/mol. The summed E-state index contributed by atoms with van der Waals surface area (Å²) in [6.45, 7) is 3.02. The van der Waals surface area contributed by atoms with Gasteiger partial charge in [0.1, 0.15) is 5.67 Å². The third-order valence-corrected chi connectivity index (χ3v) is 3.85. The maximum atomic E-state index is 14.9. The highest BCUT2D eigenvalue weighted by Gasteiger charge is 2.40. The van der Waals surface area contributed by atoms with Crippen LogP contribution in [0.15, 0.2) is 0 Å². The summed E-state index contributed by atoms with van der Waals surface area (Å²) in [7, 11) is 1.59. The second kappa shape index (κ2) is 6.55. The second-order valence-corrected chi connectivity index (χ2v) is 5.33. The lowest BCUT2D eigenvalue weighted by molar-refractivity contribution is -0.0310. The van der Waals surface area contributed by atoms with Gasteiger partial charge < -0.3 is 10.5 Å². The van der Waals surface area contributed by atoms with Crippen molar-refractivity contribution in [2.45, 2.75) is 51.1 Å². The van der Waals surface area contributed by atoms with E-state index < -0.39 is 5.67 Å². The Morgan fingerprint density at radius 1 is 1.44 bits per heavy atom. The number of alkyl halides is 1. The van der Waals surface area contributed by atoms with Gasteiger partial charge in [-0.25, -0.2) is 4.39 Å². The number of methoxy groups -OCH3 is 1. The summed E-state index contributed by atoms with van der Waals surface area (Å²) in [6, 6.07) is 0. The number of hydrogen-bond acceptors (Lipinski definition) is 2. The predicted octanol–water partition coefficient (Wildman–Crippen LogP) is 2.91. The van der Waals surface area contributed by atoms with E-state index in [2.05, 4.69) is 6.92 Å². The molecular weight excluding hydrogens is 205 g/mol. The van der Waals surface area contributed by atoms with Crippen LogP contribution in [0.5, 0.6) is 0 Å². The Balaban J connectivity index is 2.58. The summed E-state index contributed by atoms with van der Waals surface area (Å²) in [5, 5.41) is 0. The molecular formula is C13H26FNO. The molecule has 0 aliphatic heterocycles. The summed E-state index contributed by atoms with van der Waals surface area (Å²) in [5.74, 6) is 0.825. The molecule has 0 aromatic carbocycles. The molecule has 0 radical (unpaired) electrons. The maximum absolute atomic E-state index is 14.9. The van der Waals surface area contributed by atoms with Gasteiger partial charge in [-0.05, 0) is 44.1 Å². The molecule has 0 spiro atoms. The summed E-state index contributed by atoms with van der Waals surface area (Å²) < 4.78 is 19.9. The molecule has 0 amide bonds. The minimum Gasteiger partial charge on any atom is -0.381 e. The monoisotopic (exact) mass is 231 g/mol. The molecule has 3 atom stereocenters. The summed E-state index contributed by atoms with van der Waals surface area (Å²) in [6.07, 6.45) is 5.72. The molecule has 0 saturated heterocycles. The highest BCUT2D eigenvalue weighted by molar-refractivity contribution is 4.90. The average Bonchev–Trinajstić information content (AvgIpc) is 2.27. The number of ether oxygens (including phenoxy) is 1. The van der Waals surface area contributed by atoms with E-state index in [0.717, 1.165) is 25.7 Å². The zero-order valence-corrected chi connectivity index (χ0v) is 10.7. The van der Waals surface area contributed by atoms with Gasteiger partial charge in [-0.2, -0.15) is 0 Å². The van der Waals surface area contributed by atoms with Gasteiger partial charge in [0.25, 0.3) is 0 Å². The topological polar surface area (TPSA) is 35.2 Å². The number of rotatable bonds is 6. The van der Waals surface area contributed by atoms with Gasteiger partial charge in [-0.3, -0.25) is 0 Å². The minimum absolute atomic E-state index is 0.169. The minimum atomic E-state index is -1.15. The third-order valence-electron chi connectivity index (χ3n) is 3.85. The maximum Gasteiger partial charge on any atom is 0.137 e. The van der Waals surface area contributed by atoms with Crippen molar-refractivity contribution in [1.29, 1.82) is 0 Å². The van der Waals surface area contributed by atoms with Crippen molar-refractivity contribution in [2.75, 3.05) is 20.3 Å². The first-order valence-corrected chi connectivity index (χ1v) is 6.50. The van der Waals surface area contributed by atoms with E-state index in [-0.39, 0.29) is 12.5 Å². The van der Waals surface area contributed by atoms with Crippen molar-refractivity contribution in [3.05, 3.63) is 0 Å². The molecule has 1 fully saturated rings. The highest BCUT2D eigenvalue weighted by atomic mass is 19.1. The van der Waals surface area contributed by atoms with Gasteiger partial charge in [0.05, 0.1) is 6.61 Å². The van der Waals surface area contributed by atoms with E-state index in [9.17, 15) is 4.39 Å². The van der Waals surface area contributed by atoms with Crippen molar-refractivity contribution < 1.29 is 9.13 Å². The number of nitrogens with two attached hydrogens (primary N) is 1. The molecule has 3 unspecified atom stereocenters. The van der Waals surface area contributed by atoms with Gasteiger partial charge in [0, 0.05) is 7.11 Å². The molecule has 1 rings (SSSR count). The molecule has 2 nitrogen and oxygen atoms in total. The normalized spacial score (nSPS) is 30.0. The smallest absolute Gasteiger partial charge is 0.137 e. The summed E-state index contributed by atoms with van der Waals surface area (Å²) in [4.78, 5) is 0. The van der Waals surface area contributed by atoms with Crippen molar-refractivity contribution >= 4 is 0 Å². The lowest BCUT2D eigenvalue weighted by Gasteiger charge is -2.38. The zero-order valence-electron chi connectivity index (χ0n) is 10.7. The largest absolute Gasteiger partial charge is 0.381 e. The lowest BCUT2D eigenvalue weighted by atomic mass is 9.73. The van der Waals surface area contributed by atoms with Crippen LogP contribution in [0.3, 0.4) is 0 Å². The fourth-order valence-corrected chi connectivity index (χ4v) is 2.93. The van der Waals surface area contributed by atoms with Gasteiger partial charge in [-0.1, -0.05) is 19.8 Å². The fraction of sp³-hybridized carbons (Fsp3) is 1.00. The summed E-state index contributed by atoms with van der Waals surface area (Å²) in [5.41, 5.74) is 4.33. The van der Waals surface area contributed by atoms with Gasteiger partial charge in [0.2, 0.25) is 0 Å². The first kappa shape index (κ1) is 13.9. The molecule has 16 heavy (non-hydrogen) atoms. The van der Waals surface area contributed by atoms with Crippen LogP contribution in [-0.2, 0) is 4.74 Å². The van der Waals surface area contributed by atoms with E-state index in [4.69, 9.17) is 10.5 Å². The molecule has 2 N–H and O–H groups in total. The van der Waals surface area contributed by atoms with Crippen LogP contribution in [0.4, 0.5) is 4.39 Å². The van der Waals surface area contributed by atoms with Crippen LogP contribution in [-0.4, -0.2) is 25.9 Å². The van der Waals surface area contributed by atoms with Crippen LogP contribution in [0, 0.1) is 11.8 Å². The van der Waals surface area contributed by atoms with Crippen molar-refractivity contribution in [2.24, 2.45) is 17.6 Å². The van der Waals surface area contributed by atoms with E-state index in [1.54, 1.807) is 7.11 Å². The fourth-order valence-electron chi connectivity index (χ4n) is 2.93. The lowest BCUT2D eigenvalue weighted by Crippen LogP contribution is -2.40. The van der Waals surface area contributed by atoms with E-state index in [1.807, 2.05) is 0 Å². The molecule has 3 heteroatoms. The molecule has 0 heterocycles. The number of hydrogen-bond donors (Lipinski definition) is 1. The van der Waals surface area contributed by atoms with E-state index in [0.29, 0.717) is 18.9 Å². The van der Waals surface area contributed by atoms with Crippen LogP contribution in [0.25, 0.3) is 0 Å². The molecule has 96 valence electrons. The molecule has 1 saturated carbocycles. The standard InChI is InChI=1S/C13H26FNO/c1-11-5-3-6-12(9-11)13(14,10-16-2)7-4-8-15/h11-12H,3-10,15H2,1-2H3. The van der Waals surface area contributed by atoms with Crippen LogP contribution in [0.1, 0.15) is 45.4 Å². The van der Waals surface area contributed by atoms with Crippen LogP contribution < -0.4 is 5.73 Å². The van der Waals surface area contributed by atoms with E-state index >= 15 is 0 Å². The molecule has 1 aliphatic carbocycles. The van der Waals surface area contributed by atoms with E-state index in [1.165, 1.54) is 6.42 Å². The van der Waals surface area contributed by atoms with Crippen molar-refractivity contribution in [3.63, 3.8) is 0 Å². The van der Waals surface area contributed by atoms with Gasteiger partial charge >= 0.3 is 0 Å². The Bertz CT molecular complexity index is 200. The molecule has 0 aromatic heterocycles. The Hall–Kier alpha value is -0.150. The van der Waals surface area contributed by atoms with Gasteiger partial charge in [0.15, 0.2) is 0 Å². The molecule has 0 bridgehead atoms.